The van der Waals surface area contributed by atoms with Crippen LogP contribution in [0.2, 0.25) is 10.2 Å². The van der Waals surface area contributed by atoms with E-state index in [9.17, 15) is 0 Å². The van der Waals surface area contributed by atoms with Gasteiger partial charge < -0.3 is 4.57 Å². The first kappa shape index (κ1) is 12.6. The van der Waals surface area contributed by atoms with Crippen molar-refractivity contribution in [1.29, 1.82) is 0 Å². The zero-order valence-corrected chi connectivity index (χ0v) is 12.0. The van der Waals surface area contributed by atoms with Gasteiger partial charge in [0, 0.05) is 22.5 Å². The molecule has 0 bridgehead atoms. The van der Waals surface area contributed by atoms with Gasteiger partial charge in [-0.25, -0.2) is 0 Å². The molecule has 0 atom stereocenters. The number of hydrogen-bond donors (Lipinski definition) is 0. The molecule has 0 saturated heterocycles. The van der Waals surface area contributed by atoms with Crippen molar-refractivity contribution in [2.24, 2.45) is 0 Å². The zero-order chi connectivity index (χ0) is 13.4. The molecule has 0 N–H and O–H groups in total. The monoisotopic (exact) mass is 289 g/mol. The lowest BCUT2D eigenvalue weighted by atomic mass is 10.2. The van der Waals surface area contributed by atoms with Crippen molar-refractivity contribution in [2.75, 3.05) is 0 Å². The third-order valence-electron chi connectivity index (χ3n) is 3.26. The summed E-state index contributed by atoms with van der Waals surface area (Å²) in [6.07, 6.45) is 0. The van der Waals surface area contributed by atoms with E-state index in [1.807, 2.05) is 30.3 Å². The SMILES string of the molecule is Cc1ccc2c(c1)cc(Cl)n2Cc1ccc(Cl)cc1. The summed E-state index contributed by atoms with van der Waals surface area (Å²) >= 11 is 12.2. The molecule has 0 aliphatic carbocycles. The molecule has 0 saturated carbocycles. The molecule has 3 heteroatoms. The van der Waals surface area contributed by atoms with Crippen LogP contribution < -0.4 is 0 Å². The van der Waals surface area contributed by atoms with E-state index in [0.29, 0.717) is 0 Å². The summed E-state index contributed by atoms with van der Waals surface area (Å²) in [7, 11) is 0. The highest BCUT2D eigenvalue weighted by atomic mass is 35.5. The predicted molar refractivity (Wildman–Crippen MR) is 82.2 cm³/mol. The molecular formula is C16H13Cl2N. The fraction of sp³-hybridized carbons (Fsp3) is 0.125. The smallest absolute Gasteiger partial charge is 0.110 e. The Morgan fingerprint density at radius 2 is 1.68 bits per heavy atom. The van der Waals surface area contributed by atoms with Gasteiger partial charge in [0.15, 0.2) is 0 Å². The number of benzene rings is 2. The minimum Gasteiger partial charge on any atom is -0.327 e. The van der Waals surface area contributed by atoms with E-state index in [2.05, 4.69) is 29.7 Å². The molecular weight excluding hydrogens is 277 g/mol. The fourth-order valence-corrected chi connectivity index (χ4v) is 2.68. The summed E-state index contributed by atoms with van der Waals surface area (Å²) in [5.41, 5.74) is 3.59. The standard InChI is InChI=1S/C16H13Cl2N/c1-11-2-7-15-13(8-11)9-16(18)19(15)10-12-3-5-14(17)6-4-12/h2-9H,10H2,1H3. The Bertz CT molecular complexity index is 726. The second-order valence-electron chi connectivity index (χ2n) is 4.74. The number of nitrogens with zero attached hydrogens (tertiary/aromatic N) is 1. The van der Waals surface area contributed by atoms with E-state index in [-0.39, 0.29) is 0 Å². The van der Waals surface area contributed by atoms with Crippen LogP contribution in [0.3, 0.4) is 0 Å². The maximum Gasteiger partial charge on any atom is 0.110 e. The molecule has 2 aromatic carbocycles. The quantitative estimate of drug-likeness (QED) is 0.603. The molecule has 96 valence electrons. The first-order valence-electron chi connectivity index (χ1n) is 6.13. The third-order valence-corrected chi connectivity index (χ3v) is 3.83. The number of halogens is 2. The van der Waals surface area contributed by atoms with Crippen LogP contribution in [0.5, 0.6) is 0 Å². The summed E-state index contributed by atoms with van der Waals surface area (Å²) in [6, 6.07) is 16.3. The fourth-order valence-electron chi connectivity index (χ4n) is 2.29. The molecule has 1 aromatic heterocycles. The van der Waals surface area contributed by atoms with Crippen LogP contribution in [0.1, 0.15) is 11.1 Å². The Balaban J connectivity index is 2.05. The van der Waals surface area contributed by atoms with E-state index >= 15 is 0 Å². The van der Waals surface area contributed by atoms with Gasteiger partial charge in [0.05, 0.1) is 0 Å². The molecule has 0 aliphatic rings. The second kappa shape index (κ2) is 4.92. The summed E-state index contributed by atoms with van der Waals surface area (Å²) < 4.78 is 2.11. The van der Waals surface area contributed by atoms with Crippen LogP contribution in [0.15, 0.2) is 48.5 Å². The molecule has 0 fully saturated rings. The Morgan fingerprint density at radius 1 is 0.947 bits per heavy atom. The number of fused-ring (bicyclic) bond motifs is 1. The molecule has 0 unspecified atom stereocenters. The van der Waals surface area contributed by atoms with Crippen molar-refractivity contribution in [2.45, 2.75) is 13.5 Å². The van der Waals surface area contributed by atoms with Gasteiger partial charge in [0.25, 0.3) is 0 Å². The molecule has 0 aliphatic heterocycles. The lowest BCUT2D eigenvalue weighted by Crippen LogP contribution is -1.99. The minimum atomic E-state index is 0.753. The lowest BCUT2D eigenvalue weighted by molar-refractivity contribution is 0.838. The first-order chi connectivity index (χ1) is 9.13. The van der Waals surface area contributed by atoms with Crippen LogP contribution >= 0.6 is 23.2 Å². The van der Waals surface area contributed by atoms with E-state index in [4.69, 9.17) is 23.2 Å². The van der Waals surface area contributed by atoms with Crippen molar-refractivity contribution in [3.63, 3.8) is 0 Å². The highest BCUT2D eigenvalue weighted by Gasteiger charge is 2.07. The summed E-state index contributed by atoms with van der Waals surface area (Å²) in [6.45, 7) is 2.84. The lowest BCUT2D eigenvalue weighted by Gasteiger charge is -2.07. The molecule has 19 heavy (non-hydrogen) atoms. The van der Waals surface area contributed by atoms with Gasteiger partial charge in [0.1, 0.15) is 5.15 Å². The van der Waals surface area contributed by atoms with Gasteiger partial charge in [-0.3, -0.25) is 0 Å². The Hall–Kier alpha value is -1.44. The topological polar surface area (TPSA) is 4.93 Å². The predicted octanol–water partition coefficient (Wildman–Crippen LogP) is 5.30. The molecule has 0 spiro atoms. The average molecular weight is 290 g/mol. The molecule has 1 nitrogen and oxygen atoms in total. The van der Waals surface area contributed by atoms with Crippen molar-refractivity contribution < 1.29 is 0 Å². The highest BCUT2D eigenvalue weighted by molar-refractivity contribution is 6.31. The summed E-state index contributed by atoms with van der Waals surface area (Å²) in [5.74, 6) is 0. The molecule has 0 radical (unpaired) electrons. The van der Waals surface area contributed by atoms with E-state index in [1.165, 1.54) is 16.5 Å². The first-order valence-corrected chi connectivity index (χ1v) is 6.89. The number of aromatic nitrogens is 1. The van der Waals surface area contributed by atoms with Crippen LogP contribution in [0.4, 0.5) is 0 Å². The molecule has 3 rings (SSSR count). The second-order valence-corrected chi connectivity index (χ2v) is 5.57. The number of hydrogen-bond acceptors (Lipinski definition) is 0. The van der Waals surface area contributed by atoms with Crippen molar-refractivity contribution in [1.82, 2.24) is 4.57 Å². The van der Waals surface area contributed by atoms with Crippen LogP contribution in [0, 0.1) is 6.92 Å². The van der Waals surface area contributed by atoms with Gasteiger partial charge >= 0.3 is 0 Å². The number of rotatable bonds is 2. The number of aryl methyl sites for hydroxylation is 1. The largest absolute Gasteiger partial charge is 0.327 e. The molecule has 1 heterocycles. The zero-order valence-electron chi connectivity index (χ0n) is 10.5. The highest BCUT2D eigenvalue weighted by Crippen LogP contribution is 2.26. The Labute approximate surface area is 122 Å². The minimum absolute atomic E-state index is 0.753. The summed E-state index contributed by atoms with van der Waals surface area (Å²) in [4.78, 5) is 0. The van der Waals surface area contributed by atoms with Crippen molar-refractivity contribution in [3.05, 3.63) is 69.8 Å². The van der Waals surface area contributed by atoms with E-state index in [1.54, 1.807) is 0 Å². The molecule has 3 aromatic rings. The maximum absolute atomic E-state index is 6.34. The van der Waals surface area contributed by atoms with Gasteiger partial charge in [-0.05, 0) is 42.8 Å². The maximum atomic E-state index is 6.34. The van der Waals surface area contributed by atoms with Crippen LogP contribution in [-0.2, 0) is 6.54 Å². The normalized spacial score (nSPS) is 11.1. The van der Waals surface area contributed by atoms with Gasteiger partial charge in [-0.15, -0.1) is 0 Å². The van der Waals surface area contributed by atoms with Crippen LogP contribution in [0.25, 0.3) is 10.9 Å². The third kappa shape index (κ3) is 2.49. The van der Waals surface area contributed by atoms with E-state index < -0.39 is 0 Å². The summed E-state index contributed by atoms with van der Waals surface area (Å²) in [5, 5.41) is 2.69. The van der Waals surface area contributed by atoms with Gasteiger partial charge in [-0.1, -0.05) is 47.0 Å². The van der Waals surface area contributed by atoms with Crippen molar-refractivity contribution in [3.8, 4) is 0 Å². The molecule has 0 amide bonds. The Morgan fingerprint density at radius 3 is 2.42 bits per heavy atom. The van der Waals surface area contributed by atoms with Gasteiger partial charge in [-0.2, -0.15) is 0 Å². The average Bonchev–Trinajstić information content (AvgIpc) is 2.68. The van der Waals surface area contributed by atoms with Gasteiger partial charge in [0.2, 0.25) is 0 Å². The van der Waals surface area contributed by atoms with E-state index in [0.717, 1.165) is 22.2 Å². The van der Waals surface area contributed by atoms with Crippen molar-refractivity contribution >= 4 is 34.1 Å². The Kier molecular flexibility index (Phi) is 3.26. The van der Waals surface area contributed by atoms with Crippen LogP contribution in [-0.4, -0.2) is 4.57 Å².